The topological polar surface area (TPSA) is 79.2 Å². The summed E-state index contributed by atoms with van der Waals surface area (Å²) in [5.74, 6) is 0.414. The normalized spacial score (nSPS) is 12.5. The molecule has 6 nitrogen and oxygen atoms in total. The van der Waals surface area contributed by atoms with E-state index in [2.05, 4.69) is 15.7 Å². The van der Waals surface area contributed by atoms with Crippen molar-refractivity contribution >= 4 is 6.03 Å². The Bertz CT molecular complexity index is 429. The first-order chi connectivity index (χ1) is 9.42. The summed E-state index contributed by atoms with van der Waals surface area (Å²) in [5, 5.41) is 19.5. The predicted molar refractivity (Wildman–Crippen MR) is 78.3 cm³/mol. The molecule has 0 saturated carbocycles. The van der Waals surface area contributed by atoms with E-state index in [9.17, 15) is 9.90 Å². The van der Waals surface area contributed by atoms with Crippen LogP contribution in [0.3, 0.4) is 0 Å². The van der Waals surface area contributed by atoms with Crippen molar-refractivity contribution in [3.05, 3.63) is 17.5 Å². The summed E-state index contributed by atoms with van der Waals surface area (Å²) in [7, 11) is 1.87. The van der Waals surface area contributed by atoms with Gasteiger partial charge in [0.1, 0.15) is 0 Å². The zero-order valence-corrected chi connectivity index (χ0v) is 12.8. The number of aliphatic hydroxyl groups excluding tert-OH is 1. The molecule has 0 aliphatic heterocycles. The molecule has 0 spiro atoms. The second-order valence-electron chi connectivity index (χ2n) is 5.48. The number of amides is 2. The molecular formula is C14H26N4O2. The van der Waals surface area contributed by atoms with Crippen molar-refractivity contribution in [2.75, 3.05) is 6.54 Å². The molecule has 1 heterocycles. The quantitative estimate of drug-likeness (QED) is 0.703. The summed E-state index contributed by atoms with van der Waals surface area (Å²) >= 11 is 0. The van der Waals surface area contributed by atoms with Crippen LogP contribution in [0, 0.1) is 5.92 Å². The highest BCUT2D eigenvalue weighted by atomic mass is 16.3. The summed E-state index contributed by atoms with van der Waals surface area (Å²) in [6.07, 6.45) is 2.94. The van der Waals surface area contributed by atoms with Crippen molar-refractivity contribution < 1.29 is 9.90 Å². The lowest BCUT2D eigenvalue weighted by Crippen LogP contribution is -2.39. The monoisotopic (exact) mass is 282 g/mol. The number of hydrogen-bond acceptors (Lipinski definition) is 3. The van der Waals surface area contributed by atoms with Gasteiger partial charge >= 0.3 is 6.03 Å². The van der Waals surface area contributed by atoms with Crippen molar-refractivity contribution in [1.82, 2.24) is 20.4 Å². The molecule has 0 saturated heterocycles. The Morgan fingerprint density at radius 2 is 2.15 bits per heavy atom. The molecule has 0 fully saturated rings. The minimum Gasteiger partial charge on any atom is -0.391 e. The number of urea groups is 1. The first-order valence-electron chi connectivity index (χ1n) is 7.13. The summed E-state index contributed by atoms with van der Waals surface area (Å²) in [5.41, 5.74) is 2.01. The molecule has 1 rings (SSSR count). The van der Waals surface area contributed by atoms with E-state index in [1.165, 1.54) is 0 Å². The Morgan fingerprint density at radius 1 is 1.45 bits per heavy atom. The van der Waals surface area contributed by atoms with Crippen LogP contribution in [0.25, 0.3) is 0 Å². The van der Waals surface area contributed by atoms with Crippen LogP contribution in [0.2, 0.25) is 0 Å². The zero-order valence-electron chi connectivity index (χ0n) is 12.8. The molecule has 1 aromatic heterocycles. The van der Waals surface area contributed by atoms with Gasteiger partial charge in [-0.05, 0) is 18.8 Å². The van der Waals surface area contributed by atoms with Crippen LogP contribution < -0.4 is 10.6 Å². The number of aromatic nitrogens is 2. The van der Waals surface area contributed by atoms with Gasteiger partial charge in [-0.2, -0.15) is 5.10 Å². The Morgan fingerprint density at radius 3 is 2.75 bits per heavy atom. The molecule has 114 valence electrons. The summed E-state index contributed by atoms with van der Waals surface area (Å²) in [6, 6.07) is -0.265. The van der Waals surface area contributed by atoms with E-state index >= 15 is 0 Å². The van der Waals surface area contributed by atoms with Crippen LogP contribution in [-0.2, 0) is 20.0 Å². The number of aryl methyl sites for hydroxylation is 2. The van der Waals surface area contributed by atoms with Gasteiger partial charge in [-0.3, -0.25) is 4.68 Å². The number of hydrogen-bond donors (Lipinski definition) is 3. The van der Waals surface area contributed by atoms with E-state index in [0.717, 1.165) is 17.7 Å². The second-order valence-corrected chi connectivity index (χ2v) is 5.48. The second kappa shape index (κ2) is 7.89. The minimum atomic E-state index is -0.495. The molecule has 1 unspecified atom stereocenters. The fourth-order valence-corrected chi connectivity index (χ4v) is 2.10. The lowest BCUT2D eigenvalue weighted by atomic mass is 10.1. The van der Waals surface area contributed by atoms with Crippen LogP contribution in [0.15, 0.2) is 6.20 Å². The first kappa shape index (κ1) is 16.5. The number of carbonyl (C=O) groups is 1. The summed E-state index contributed by atoms with van der Waals surface area (Å²) < 4.78 is 1.75. The molecule has 20 heavy (non-hydrogen) atoms. The number of nitrogens with one attached hydrogen (secondary N) is 2. The first-order valence-corrected chi connectivity index (χ1v) is 7.13. The molecular weight excluding hydrogens is 256 g/mol. The number of carbonyl (C=O) groups excluding carboxylic acids is 1. The Labute approximate surface area is 120 Å². The maximum atomic E-state index is 11.7. The third-order valence-electron chi connectivity index (χ3n) is 3.01. The third-order valence-corrected chi connectivity index (χ3v) is 3.01. The fraction of sp³-hybridized carbons (Fsp3) is 0.714. The van der Waals surface area contributed by atoms with Crippen molar-refractivity contribution in [3.8, 4) is 0 Å². The Balaban J connectivity index is 2.32. The molecule has 0 bridgehead atoms. The van der Waals surface area contributed by atoms with Gasteiger partial charge in [0.05, 0.1) is 11.8 Å². The van der Waals surface area contributed by atoms with Gasteiger partial charge in [0, 0.05) is 31.9 Å². The maximum absolute atomic E-state index is 11.7. The van der Waals surface area contributed by atoms with Gasteiger partial charge < -0.3 is 15.7 Å². The van der Waals surface area contributed by atoms with E-state index in [1.54, 1.807) is 4.68 Å². The molecule has 3 N–H and O–H groups in total. The van der Waals surface area contributed by atoms with Gasteiger partial charge in [-0.15, -0.1) is 0 Å². The van der Waals surface area contributed by atoms with Crippen molar-refractivity contribution in [2.45, 2.75) is 46.3 Å². The van der Waals surface area contributed by atoms with E-state index < -0.39 is 6.10 Å². The largest absolute Gasteiger partial charge is 0.391 e. The van der Waals surface area contributed by atoms with Crippen molar-refractivity contribution in [3.63, 3.8) is 0 Å². The van der Waals surface area contributed by atoms with Crippen LogP contribution in [0.5, 0.6) is 0 Å². The molecule has 0 aromatic carbocycles. The van der Waals surface area contributed by atoms with Crippen molar-refractivity contribution in [1.29, 1.82) is 0 Å². The van der Waals surface area contributed by atoms with Gasteiger partial charge in [0.2, 0.25) is 0 Å². The summed E-state index contributed by atoms with van der Waals surface area (Å²) in [6.45, 7) is 6.84. The molecule has 0 radical (unpaired) electrons. The molecule has 0 aliphatic carbocycles. The lowest BCUT2D eigenvalue weighted by Gasteiger charge is -2.14. The molecule has 2 amide bonds. The van der Waals surface area contributed by atoms with Crippen LogP contribution in [0.1, 0.15) is 38.4 Å². The molecule has 1 atom stereocenters. The summed E-state index contributed by atoms with van der Waals surface area (Å²) in [4.78, 5) is 11.7. The van der Waals surface area contributed by atoms with Gasteiger partial charge in [0.15, 0.2) is 0 Å². The highest BCUT2D eigenvalue weighted by Gasteiger charge is 2.10. The lowest BCUT2D eigenvalue weighted by molar-refractivity contribution is 0.147. The Kier molecular flexibility index (Phi) is 6.51. The van der Waals surface area contributed by atoms with Crippen LogP contribution >= 0.6 is 0 Å². The molecule has 1 aromatic rings. The van der Waals surface area contributed by atoms with Gasteiger partial charge in [0.25, 0.3) is 0 Å². The van der Waals surface area contributed by atoms with Crippen LogP contribution in [0.4, 0.5) is 4.79 Å². The number of aliphatic hydroxyl groups is 1. The number of rotatable bonds is 7. The smallest absolute Gasteiger partial charge is 0.315 e. The number of nitrogens with zero attached hydrogens (tertiary/aromatic N) is 2. The zero-order chi connectivity index (χ0) is 15.1. The van der Waals surface area contributed by atoms with Gasteiger partial charge in [-0.25, -0.2) is 4.79 Å². The highest BCUT2D eigenvalue weighted by Crippen LogP contribution is 2.06. The average molecular weight is 282 g/mol. The van der Waals surface area contributed by atoms with E-state index in [1.807, 2.05) is 34.0 Å². The average Bonchev–Trinajstić information content (AvgIpc) is 2.73. The third kappa shape index (κ3) is 5.61. The molecule has 0 aliphatic rings. The maximum Gasteiger partial charge on any atom is 0.315 e. The van der Waals surface area contributed by atoms with E-state index in [4.69, 9.17) is 0 Å². The molecule has 6 heteroatoms. The highest BCUT2D eigenvalue weighted by molar-refractivity contribution is 5.73. The Hall–Kier alpha value is -1.56. The standard InChI is InChI=1S/C14H26N4O2/c1-5-13-11(9-18(4)17-13)7-15-14(20)16-8-12(19)6-10(2)3/h9-10,12,19H,5-8H2,1-4H3,(H2,15,16,20). The van der Waals surface area contributed by atoms with Crippen LogP contribution in [-0.4, -0.2) is 33.6 Å². The van der Waals surface area contributed by atoms with E-state index in [0.29, 0.717) is 18.9 Å². The minimum absolute atomic E-state index is 0.265. The SMILES string of the molecule is CCc1nn(C)cc1CNC(=O)NCC(O)CC(C)C. The van der Waals surface area contributed by atoms with Gasteiger partial charge in [-0.1, -0.05) is 20.8 Å². The fourth-order valence-electron chi connectivity index (χ4n) is 2.10. The predicted octanol–water partition coefficient (Wildman–Crippen LogP) is 1.19. The van der Waals surface area contributed by atoms with E-state index in [-0.39, 0.29) is 12.6 Å². The van der Waals surface area contributed by atoms with Crippen molar-refractivity contribution in [2.24, 2.45) is 13.0 Å².